The molecule has 0 saturated heterocycles. The Labute approximate surface area is 138 Å². The molecule has 1 amide bonds. The number of methoxy groups -OCH3 is 1. The Bertz CT molecular complexity index is 476. The quantitative estimate of drug-likeness (QED) is 0.721. The van der Waals surface area contributed by atoms with Crippen LogP contribution in [0.15, 0.2) is 24.3 Å². The van der Waals surface area contributed by atoms with E-state index < -0.39 is 0 Å². The van der Waals surface area contributed by atoms with Gasteiger partial charge in [-0.15, -0.1) is 0 Å². The van der Waals surface area contributed by atoms with Crippen molar-refractivity contribution >= 4 is 5.91 Å². The van der Waals surface area contributed by atoms with E-state index >= 15 is 0 Å². The fourth-order valence-corrected chi connectivity index (χ4v) is 3.03. The number of carbonyl (C=O) groups is 1. The Balaban J connectivity index is 1.84. The van der Waals surface area contributed by atoms with Crippen LogP contribution in [0.1, 0.15) is 42.5 Å². The van der Waals surface area contributed by atoms with Crippen molar-refractivity contribution in [3.8, 4) is 5.75 Å². The summed E-state index contributed by atoms with van der Waals surface area (Å²) >= 11 is 0. The minimum absolute atomic E-state index is 0.0266. The summed E-state index contributed by atoms with van der Waals surface area (Å²) in [4.78, 5) is 12.4. The smallest absolute Gasteiger partial charge is 0.251 e. The first-order chi connectivity index (χ1) is 11.2. The third-order valence-corrected chi connectivity index (χ3v) is 4.41. The highest BCUT2D eigenvalue weighted by atomic mass is 16.5. The van der Waals surface area contributed by atoms with Crippen LogP contribution in [0.5, 0.6) is 5.75 Å². The van der Waals surface area contributed by atoms with E-state index in [9.17, 15) is 4.79 Å². The summed E-state index contributed by atoms with van der Waals surface area (Å²) in [7, 11) is 1.68. The van der Waals surface area contributed by atoms with Gasteiger partial charge in [0.1, 0.15) is 5.75 Å². The number of carbonyl (C=O) groups excluding carboxylic acids is 1. The summed E-state index contributed by atoms with van der Waals surface area (Å²) in [6.45, 7) is 1.93. The van der Waals surface area contributed by atoms with Crippen LogP contribution in [-0.4, -0.2) is 38.8 Å². The summed E-state index contributed by atoms with van der Waals surface area (Å²) in [5.74, 6) is 1.15. The molecule has 128 valence electrons. The van der Waals surface area contributed by atoms with E-state index in [1.54, 1.807) is 19.2 Å². The molecule has 2 atom stereocenters. The molecule has 0 aliphatic heterocycles. The summed E-state index contributed by atoms with van der Waals surface area (Å²) < 4.78 is 10.6. The van der Waals surface area contributed by atoms with Gasteiger partial charge in [0, 0.05) is 31.7 Å². The van der Waals surface area contributed by atoms with Gasteiger partial charge in [-0.1, -0.05) is 12.8 Å². The lowest BCUT2D eigenvalue weighted by atomic mass is 9.84. The van der Waals surface area contributed by atoms with Crippen LogP contribution in [0.2, 0.25) is 0 Å². The van der Waals surface area contributed by atoms with E-state index in [4.69, 9.17) is 15.2 Å². The number of hydrogen-bond donors (Lipinski definition) is 2. The lowest BCUT2D eigenvalue weighted by molar-refractivity contribution is 0.0908. The van der Waals surface area contributed by atoms with Crippen molar-refractivity contribution in [3.05, 3.63) is 29.8 Å². The van der Waals surface area contributed by atoms with Crippen LogP contribution >= 0.6 is 0 Å². The number of ether oxygens (including phenoxy) is 2. The predicted octanol–water partition coefficient (Wildman–Crippen LogP) is 2.35. The number of rotatable bonds is 8. The van der Waals surface area contributed by atoms with Gasteiger partial charge in [-0.25, -0.2) is 0 Å². The maximum atomic E-state index is 12.4. The molecule has 5 heteroatoms. The van der Waals surface area contributed by atoms with Crippen LogP contribution in [0.25, 0.3) is 0 Å². The van der Waals surface area contributed by atoms with Crippen molar-refractivity contribution in [2.24, 2.45) is 11.7 Å². The minimum Gasteiger partial charge on any atom is -0.494 e. The number of benzene rings is 1. The molecule has 2 rings (SSSR count). The highest BCUT2D eigenvalue weighted by molar-refractivity contribution is 5.94. The highest BCUT2D eigenvalue weighted by Gasteiger charge is 2.25. The second kappa shape index (κ2) is 9.53. The molecule has 1 aromatic carbocycles. The number of amides is 1. The van der Waals surface area contributed by atoms with Crippen LogP contribution < -0.4 is 15.8 Å². The Morgan fingerprint density at radius 3 is 2.65 bits per heavy atom. The molecule has 5 nitrogen and oxygen atoms in total. The first-order valence-electron chi connectivity index (χ1n) is 8.47. The van der Waals surface area contributed by atoms with E-state index in [2.05, 4.69) is 5.32 Å². The second-order valence-corrected chi connectivity index (χ2v) is 6.08. The number of nitrogens with two attached hydrogens (primary N) is 1. The molecule has 1 aromatic rings. The largest absolute Gasteiger partial charge is 0.494 e. The van der Waals surface area contributed by atoms with E-state index in [1.165, 1.54) is 6.42 Å². The minimum atomic E-state index is -0.0266. The van der Waals surface area contributed by atoms with Crippen molar-refractivity contribution in [2.75, 3.05) is 26.9 Å². The van der Waals surface area contributed by atoms with E-state index in [1.807, 2.05) is 12.1 Å². The predicted molar refractivity (Wildman–Crippen MR) is 90.7 cm³/mol. The summed E-state index contributed by atoms with van der Waals surface area (Å²) in [6, 6.07) is 7.49. The zero-order valence-corrected chi connectivity index (χ0v) is 13.9. The molecule has 1 saturated carbocycles. The van der Waals surface area contributed by atoms with Gasteiger partial charge in [-0.3, -0.25) is 4.79 Å². The molecule has 3 N–H and O–H groups in total. The van der Waals surface area contributed by atoms with Gasteiger partial charge in [-0.05, 0) is 49.6 Å². The molecule has 2 unspecified atom stereocenters. The average Bonchev–Trinajstić information content (AvgIpc) is 2.59. The first-order valence-corrected chi connectivity index (χ1v) is 8.47. The lowest BCUT2D eigenvalue weighted by Crippen LogP contribution is -2.44. The van der Waals surface area contributed by atoms with Gasteiger partial charge in [0.15, 0.2) is 0 Å². The maximum absolute atomic E-state index is 12.4. The van der Waals surface area contributed by atoms with Gasteiger partial charge >= 0.3 is 0 Å². The van der Waals surface area contributed by atoms with Crippen LogP contribution in [0.4, 0.5) is 0 Å². The fourth-order valence-electron chi connectivity index (χ4n) is 3.03. The second-order valence-electron chi connectivity index (χ2n) is 6.08. The van der Waals surface area contributed by atoms with Crippen molar-refractivity contribution < 1.29 is 14.3 Å². The average molecular weight is 320 g/mol. The molecule has 1 aliphatic carbocycles. The fraction of sp³-hybridized carbons (Fsp3) is 0.611. The van der Waals surface area contributed by atoms with E-state index in [-0.39, 0.29) is 11.9 Å². The van der Waals surface area contributed by atoms with Gasteiger partial charge in [0.2, 0.25) is 0 Å². The third kappa shape index (κ3) is 5.52. The first kappa shape index (κ1) is 17.8. The SMILES string of the molecule is COCCCOc1ccc(C(=O)NC2CCCCC2CN)cc1. The Kier molecular flexibility index (Phi) is 7.36. The molecule has 0 aromatic heterocycles. The zero-order valence-electron chi connectivity index (χ0n) is 13.9. The Morgan fingerprint density at radius 1 is 1.22 bits per heavy atom. The number of nitrogens with one attached hydrogen (secondary N) is 1. The molecular formula is C18H28N2O3. The van der Waals surface area contributed by atoms with Crippen LogP contribution in [-0.2, 0) is 4.74 Å². The Morgan fingerprint density at radius 2 is 1.96 bits per heavy atom. The number of hydrogen-bond acceptors (Lipinski definition) is 4. The van der Waals surface area contributed by atoms with Crippen molar-refractivity contribution in [3.63, 3.8) is 0 Å². The third-order valence-electron chi connectivity index (χ3n) is 4.41. The maximum Gasteiger partial charge on any atom is 0.251 e. The molecule has 1 fully saturated rings. The molecule has 0 spiro atoms. The van der Waals surface area contributed by atoms with Crippen molar-refractivity contribution in [1.82, 2.24) is 5.32 Å². The summed E-state index contributed by atoms with van der Waals surface area (Å²) in [6.07, 6.45) is 5.35. The highest BCUT2D eigenvalue weighted by Crippen LogP contribution is 2.24. The molecule has 0 heterocycles. The van der Waals surface area contributed by atoms with Gasteiger partial charge in [0.05, 0.1) is 6.61 Å². The lowest BCUT2D eigenvalue weighted by Gasteiger charge is -2.31. The van der Waals surface area contributed by atoms with Gasteiger partial charge < -0.3 is 20.5 Å². The molecule has 23 heavy (non-hydrogen) atoms. The molecule has 0 bridgehead atoms. The standard InChI is InChI=1S/C18H28N2O3/c1-22-11-4-12-23-16-9-7-14(8-10-16)18(21)20-17-6-3-2-5-15(17)13-19/h7-10,15,17H,2-6,11-13,19H2,1H3,(H,20,21). The molecule has 0 radical (unpaired) electrons. The summed E-state index contributed by atoms with van der Waals surface area (Å²) in [5.41, 5.74) is 6.48. The molecule has 1 aliphatic rings. The summed E-state index contributed by atoms with van der Waals surface area (Å²) in [5, 5.41) is 3.14. The Hall–Kier alpha value is -1.59. The normalized spacial score (nSPS) is 21.0. The van der Waals surface area contributed by atoms with Crippen molar-refractivity contribution in [2.45, 2.75) is 38.1 Å². The van der Waals surface area contributed by atoms with Gasteiger partial charge in [0.25, 0.3) is 5.91 Å². The topological polar surface area (TPSA) is 73.6 Å². The van der Waals surface area contributed by atoms with E-state index in [0.717, 1.165) is 31.4 Å². The van der Waals surface area contributed by atoms with E-state index in [0.29, 0.717) is 31.2 Å². The van der Waals surface area contributed by atoms with Crippen LogP contribution in [0.3, 0.4) is 0 Å². The zero-order chi connectivity index (χ0) is 16.5. The molecular weight excluding hydrogens is 292 g/mol. The van der Waals surface area contributed by atoms with Crippen molar-refractivity contribution in [1.29, 1.82) is 0 Å². The van der Waals surface area contributed by atoms with Gasteiger partial charge in [-0.2, -0.15) is 0 Å². The monoisotopic (exact) mass is 320 g/mol. The van der Waals surface area contributed by atoms with Crippen LogP contribution in [0, 0.1) is 5.92 Å².